The summed E-state index contributed by atoms with van der Waals surface area (Å²) in [7, 11) is 1.60. The van der Waals surface area contributed by atoms with Crippen LogP contribution < -0.4 is 15.0 Å². The van der Waals surface area contributed by atoms with E-state index < -0.39 is 6.08 Å². The van der Waals surface area contributed by atoms with Crippen LogP contribution in [0.5, 0.6) is 23.3 Å². The molecule has 0 radical (unpaired) electrons. The molecule has 0 spiro atoms. The molecule has 9 heteroatoms. The molecule has 2 aromatic carbocycles. The van der Waals surface area contributed by atoms with Crippen LogP contribution in [0.2, 0.25) is 0 Å². The molecule has 0 saturated heterocycles. The van der Waals surface area contributed by atoms with E-state index in [4.69, 9.17) is 19.0 Å². The van der Waals surface area contributed by atoms with Crippen molar-refractivity contribution in [1.82, 2.24) is 19.7 Å². The maximum atomic E-state index is 13.6. The SMILES string of the molecule is CCCc1nc(C)c(Oc2ccc(OC)cc2)c(=O)n1Cc1ccc(C2=CC=CCC2c2noc(O)n2)cc1. The van der Waals surface area contributed by atoms with Gasteiger partial charge in [-0.15, -0.1) is 0 Å². The summed E-state index contributed by atoms with van der Waals surface area (Å²) in [4.78, 5) is 22.4. The van der Waals surface area contributed by atoms with Crippen LogP contribution in [0.15, 0.2) is 76.1 Å². The van der Waals surface area contributed by atoms with Crippen LogP contribution >= 0.6 is 0 Å². The molecule has 1 atom stereocenters. The highest BCUT2D eigenvalue weighted by Gasteiger charge is 2.24. The number of benzene rings is 2. The standard InChI is InChI=1S/C30H30N4O5/c1-4-7-26-31-19(2)27(38-23-16-14-22(37-3)15-17-23)29(35)34(26)18-20-10-12-21(13-11-20)24-8-5-6-9-25(24)28-32-30(36)39-33-28/h5-6,8,10-17,25H,4,7,9,18H2,1-3H3,(H,32,33,36). The number of aryl methyl sites for hydroxylation is 2. The van der Waals surface area contributed by atoms with Crippen LogP contribution in [0.4, 0.5) is 0 Å². The van der Waals surface area contributed by atoms with Crippen molar-refractivity contribution in [3.63, 3.8) is 0 Å². The number of rotatable bonds is 9. The zero-order chi connectivity index (χ0) is 27.4. The zero-order valence-corrected chi connectivity index (χ0v) is 22.1. The third kappa shape index (κ3) is 5.62. The molecule has 0 aliphatic heterocycles. The van der Waals surface area contributed by atoms with Crippen molar-refractivity contribution in [2.45, 2.75) is 45.6 Å². The number of aromatic nitrogens is 4. The van der Waals surface area contributed by atoms with Crippen molar-refractivity contribution >= 4 is 5.57 Å². The third-order valence-corrected chi connectivity index (χ3v) is 6.66. The predicted molar refractivity (Wildman–Crippen MR) is 146 cm³/mol. The van der Waals surface area contributed by atoms with Crippen molar-refractivity contribution in [3.8, 4) is 23.3 Å². The normalized spacial score (nSPS) is 14.7. The number of hydrogen-bond acceptors (Lipinski definition) is 8. The van der Waals surface area contributed by atoms with E-state index >= 15 is 0 Å². The average Bonchev–Trinajstić information content (AvgIpc) is 3.40. The fourth-order valence-electron chi connectivity index (χ4n) is 4.68. The van der Waals surface area contributed by atoms with Gasteiger partial charge in [-0.05, 0) is 60.7 Å². The van der Waals surface area contributed by atoms with Gasteiger partial charge in [-0.1, -0.05) is 54.6 Å². The van der Waals surface area contributed by atoms with Crippen molar-refractivity contribution in [3.05, 3.63) is 106 Å². The van der Waals surface area contributed by atoms with E-state index in [1.165, 1.54) is 0 Å². The van der Waals surface area contributed by atoms with E-state index in [1.807, 2.05) is 42.5 Å². The lowest BCUT2D eigenvalue weighted by Gasteiger charge is -2.19. The predicted octanol–water partition coefficient (Wildman–Crippen LogP) is 5.57. The van der Waals surface area contributed by atoms with Crippen LogP contribution in [0.25, 0.3) is 5.57 Å². The van der Waals surface area contributed by atoms with Crippen LogP contribution in [0, 0.1) is 6.92 Å². The van der Waals surface area contributed by atoms with Gasteiger partial charge in [-0.2, -0.15) is 4.98 Å². The minimum Gasteiger partial charge on any atom is -0.497 e. The van der Waals surface area contributed by atoms with Crippen molar-refractivity contribution in [2.24, 2.45) is 0 Å². The van der Waals surface area contributed by atoms with Gasteiger partial charge in [0.15, 0.2) is 5.82 Å². The van der Waals surface area contributed by atoms with Crippen LogP contribution in [-0.4, -0.2) is 31.9 Å². The first kappa shape index (κ1) is 26.0. The minimum absolute atomic E-state index is 0.122. The van der Waals surface area contributed by atoms with Gasteiger partial charge < -0.3 is 14.6 Å². The Kier molecular flexibility index (Phi) is 7.58. The van der Waals surface area contributed by atoms with Gasteiger partial charge in [0, 0.05) is 6.42 Å². The summed E-state index contributed by atoms with van der Waals surface area (Å²) >= 11 is 0. The molecule has 0 bridgehead atoms. The highest BCUT2D eigenvalue weighted by Crippen LogP contribution is 2.37. The smallest absolute Gasteiger partial charge is 0.414 e. The molecule has 0 amide bonds. The summed E-state index contributed by atoms with van der Waals surface area (Å²) in [5, 5.41) is 13.4. The van der Waals surface area contributed by atoms with Crippen molar-refractivity contribution < 1.29 is 19.1 Å². The lowest BCUT2D eigenvalue weighted by molar-refractivity contribution is 0.266. The maximum Gasteiger partial charge on any atom is 0.414 e. The molecule has 4 aromatic rings. The topological polar surface area (TPSA) is 113 Å². The average molecular weight is 527 g/mol. The van der Waals surface area contributed by atoms with Gasteiger partial charge in [0.25, 0.3) is 5.56 Å². The molecule has 0 saturated carbocycles. The third-order valence-electron chi connectivity index (χ3n) is 6.66. The van der Waals surface area contributed by atoms with Gasteiger partial charge in [-0.3, -0.25) is 13.9 Å². The molecule has 39 heavy (non-hydrogen) atoms. The highest BCUT2D eigenvalue weighted by atomic mass is 16.6. The monoisotopic (exact) mass is 526 g/mol. The molecule has 200 valence electrons. The summed E-state index contributed by atoms with van der Waals surface area (Å²) in [6.45, 7) is 4.22. The number of ether oxygens (including phenoxy) is 2. The molecular weight excluding hydrogens is 496 g/mol. The Balaban J connectivity index is 1.43. The molecule has 2 aromatic heterocycles. The highest BCUT2D eigenvalue weighted by molar-refractivity contribution is 5.73. The summed E-state index contributed by atoms with van der Waals surface area (Å²) in [5.74, 6) is 2.50. The Bertz CT molecular complexity index is 1570. The molecule has 1 aliphatic carbocycles. The number of allylic oxidation sites excluding steroid dienone is 4. The molecule has 0 fully saturated rings. The molecule has 1 unspecified atom stereocenters. The molecule has 1 N–H and O–H groups in total. The first-order chi connectivity index (χ1) is 19.0. The Hall–Kier alpha value is -4.66. The minimum atomic E-state index is -0.440. The van der Waals surface area contributed by atoms with E-state index in [9.17, 15) is 9.90 Å². The van der Waals surface area contributed by atoms with Crippen LogP contribution in [0.1, 0.15) is 54.2 Å². The van der Waals surface area contributed by atoms with Crippen molar-refractivity contribution in [2.75, 3.05) is 7.11 Å². The Morgan fingerprint density at radius 2 is 1.82 bits per heavy atom. The molecule has 9 nitrogen and oxygen atoms in total. The largest absolute Gasteiger partial charge is 0.497 e. The van der Waals surface area contributed by atoms with Gasteiger partial charge >= 0.3 is 6.08 Å². The van der Waals surface area contributed by atoms with E-state index in [0.29, 0.717) is 42.4 Å². The first-order valence-electron chi connectivity index (χ1n) is 12.9. The van der Waals surface area contributed by atoms with E-state index in [1.54, 1.807) is 42.9 Å². The van der Waals surface area contributed by atoms with E-state index in [0.717, 1.165) is 28.9 Å². The number of nitrogens with zero attached hydrogens (tertiary/aromatic N) is 4. The van der Waals surface area contributed by atoms with Crippen LogP contribution in [-0.2, 0) is 13.0 Å². The zero-order valence-electron chi connectivity index (χ0n) is 22.1. The maximum absolute atomic E-state index is 13.6. The fraction of sp³-hybridized carbons (Fsp3) is 0.267. The van der Waals surface area contributed by atoms with Gasteiger partial charge in [0.2, 0.25) is 5.75 Å². The molecular formula is C30H30N4O5. The van der Waals surface area contributed by atoms with E-state index in [2.05, 4.69) is 17.1 Å². The van der Waals surface area contributed by atoms with Gasteiger partial charge in [0.05, 0.1) is 25.3 Å². The van der Waals surface area contributed by atoms with E-state index in [-0.39, 0.29) is 17.2 Å². The molecule has 2 heterocycles. The summed E-state index contributed by atoms with van der Waals surface area (Å²) in [6, 6.07) is 15.2. The number of hydrogen-bond donors (Lipinski definition) is 1. The quantitative estimate of drug-likeness (QED) is 0.301. The first-order valence-corrected chi connectivity index (χ1v) is 12.9. The second-order valence-corrected chi connectivity index (χ2v) is 9.33. The fourth-order valence-corrected chi connectivity index (χ4v) is 4.68. The number of methoxy groups -OCH3 is 1. The lowest BCUT2D eigenvalue weighted by atomic mass is 9.86. The van der Waals surface area contributed by atoms with Crippen molar-refractivity contribution in [1.29, 1.82) is 0 Å². The number of aromatic hydroxyl groups is 1. The second-order valence-electron chi connectivity index (χ2n) is 9.33. The summed E-state index contributed by atoms with van der Waals surface area (Å²) < 4.78 is 17.7. The Morgan fingerprint density at radius 3 is 2.49 bits per heavy atom. The summed E-state index contributed by atoms with van der Waals surface area (Å²) in [6.07, 6.45) is 7.85. The Morgan fingerprint density at radius 1 is 1.08 bits per heavy atom. The van der Waals surface area contributed by atoms with Gasteiger partial charge in [-0.25, -0.2) is 4.98 Å². The molecule has 5 rings (SSSR count). The molecule has 1 aliphatic rings. The van der Waals surface area contributed by atoms with Crippen LogP contribution in [0.3, 0.4) is 0 Å². The summed E-state index contributed by atoms with van der Waals surface area (Å²) in [5.41, 5.74) is 3.33. The van der Waals surface area contributed by atoms with Gasteiger partial charge in [0.1, 0.15) is 17.3 Å². The Labute approximate surface area is 226 Å². The lowest BCUT2D eigenvalue weighted by Crippen LogP contribution is -2.27. The second kappa shape index (κ2) is 11.4.